The van der Waals surface area contributed by atoms with Crippen LogP contribution in [0.1, 0.15) is 10.5 Å². The summed E-state index contributed by atoms with van der Waals surface area (Å²) in [5.41, 5.74) is 3.33. The first-order valence-electron chi connectivity index (χ1n) is 6.12. The molecule has 0 fully saturated rings. The second-order valence-corrected chi connectivity index (χ2v) is 4.53. The van der Waals surface area contributed by atoms with Crippen LogP contribution in [0.5, 0.6) is 0 Å². The number of carbonyl (C=O) groups excluding carboxylic acids is 1. The Hall–Kier alpha value is -2.68. The van der Waals surface area contributed by atoms with Gasteiger partial charge < -0.3 is 0 Å². The van der Waals surface area contributed by atoms with Crippen molar-refractivity contribution in [3.05, 3.63) is 60.3 Å². The Kier molecular flexibility index (Phi) is 1.97. The van der Waals surface area contributed by atoms with Crippen LogP contribution in [-0.2, 0) is 0 Å². The first-order chi connectivity index (χ1) is 9.38. The molecular formula is C16H10N2O. The summed E-state index contributed by atoms with van der Waals surface area (Å²) in [6.45, 7) is 0. The van der Waals surface area contributed by atoms with Gasteiger partial charge >= 0.3 is 0 Å². The average molecular weight is 246 g/mol. The molecular weight excluding hydrogens is 236 g/mol. The van der Waals surface area contributed by atoms with Crippen LogP contribution in [0, 0.1) is 0 Å². The van der Waals surface area contributed by atoms with E-state index in [0.29, 0.717) is 5.69 Å². The molecule has 0 bridgehead atoms. The summed E-state index contributed by atoms with van der Waals surface area (Å²) in [6.07, 6.45) is 0.882. The largest absolute Gasteiger partial charge is 0.296 e. The number of hydrogen-bond donors (Lipinski definition) is 0. The Bertz CT molecular complexity index is 937. The van der Waals surface area contributed by atoms with Crippen molar-refractivity contribution in [1.82, 2.24) is 9.38 Å². The fourth-order valence-electron chi connectivity index (χ4n) is 2.61. The molecule has 3 heteroatoms. The number of benzene rings is 2. The van der Waals surface area contributed by atoms with E-state index in [1.54, 1.807) is 0 Å². The summed E-state index contributed by atoms with van der Waals surface area (Å²) in [5, 5.41) is 2.09. The highest BCUT2D eigenvalue weighted by atomic mass is 16.1. The Morgan fingerprint density at radius 2 is 1.79 bits per heavy atom. The third kappa shape index (κ3) is 1.32. The van der Waals surface area contributed by atoms with E-state index in [1.165, 1.54) is 0 Å². The number of imidazole rings is 1. The molecule has 0 spiro atoms. The maximum absolute atomic E-state index is 11.4. The van der Waals surface area contributed by atoms with Gasteiger partial charge in [0.25, 0.3) is 0 Å². The van der Waals surface area contributed by atoms with Gasteiger partial charge in [-0.05, 0) is 23.6 Å². The van der Waals surface area contributed by atoms with E-state index in [1.807, 2.05) is 59.0 Å². The summed E-state index contributed by atoms with van der Waals surface area (Å²) < 4.78 is 1.92. The van der Waals surface area contributed by atoms with Crippen LogP contribution in [0.3, 0.4) is 0 Å². The minimum absolute atomic E-state index is 0.627. The normalized spacial score (nSPS) is 11.4. The van der Waals surface area contributed by atoms with Gasteiger partial charge in [0.05, 0.1) is 16.7 Å². The zero-order valence-corrected chi connectivity index (χ0v) is 10.1. The quantitative estimate of drug-likeness (QED) is 0.482. The predicted octanol–water partition coefficient (Wildman–Crippen LogP) is 3.45. The molecule has 0 aliphatic rings. The summed E-state index contributed by atoms with van der Waals surface area (Å²) >= 11 is 0. The van der Waals surface area contributed by atoms with Crippen LogP contribution < -0.4 is 0 Å². The van der Waals surface area contributed by atoms with Gasteiger partial charge in [0.1, 0.15) is 5.65 Å². The van der Waals surface area contributed by atoms with E-state index in [9.17, 15) is 4.79 Å². The Labute approximate surface area is 109 Å². The van der Waals surface area contributed by atoms with Crippen molar-refractivity contribution in [1.29, 1.82) is 0 Å². The lowest BCUT2D eigenvalue weighted by atomic mass is 10.1. The number of aromatic nitrogens is 2. The number of pyridine rings is 1. The first-order valence-corrected chi connectivity index (χ1v) is 6.12. The van der Waals surface area contributed by atoms with Gasteiger partial charge in [0.2, 0.25) is 0 Å². The minimum Gasteiger partial charge on any atom is -0.296 e. The van der Waals surface area contributed by atoms with E-state index in [0.717, 1.165) is 33.7 Å². The molecule has 0 aliphatic heterocycles. The number of aldehydes is 1. The molecule has 4 rings (SSSR count). The van der Waals surface area contributed by atoms with E-state index < -0.39 is 0 Å². The van der Waals surface area contributed by atoms with E-state index in [4.69, 9.17) is 0 Å². The molecule has 0 aliphatic carbocycles. The molecule has 0 atom stereocenters. The highest BCUT2D eigenvalue weighted by Crippen LogP contribution is 2.25. The van der Waals surface area contributed by atoms with Crippen LogP contribution in [-0.4, -0.2) is 15.7 Å². The van der Waals surface area contributed by atoms with Crippen molar-refractivity contribution in [3.63, 3.8) is 0 Å². The predicted molar refractivity (Wildman–Crippen MR) is 75.6 cm³/mol. The number of para-hydroxylation sites is 2. The smallest absolute Gasteiger partial charge is 0.166 e. The standard InChI is InChI=1S/C16H10N2O/c19-10-12-9-11-5-1-2-6-13(11)16-17-14-7-3-4-8-15(14)18(12)16/h1-10H. The number of carbonyl (C=O) groups is 1. The second kappa shape index (κ2) is 3.65. The summed E-state index contributed by atoms with van der Waals surface area (Å²) in [4.78, 5) is 16.0. The van der Waals surface area contributed by atoms with Crippen molar-refractivity contribution >= 4 is 33.7 Å². The highest BCUT2D eigenvalue weighted by Gasteiger charge is 2.11. The summed E-state index contributed by atoms with van der Waals surface area (Å²) in [7, 11) is 0. The van der Waals surface area contributed by atoms with E-state index in [2.05, 4.69) is 4.98 Å². The second-order valence-electron chi connectivity index (χ2n) is 4.53. The summed E-state index contributed by atoms with van der Waals surface area (Å²) in [6, 6.07) is 17.8. The number of nitrogens with zero attached hydrogens (tertiary/aromatic N) is 2. The topological polar surface area (TPSA) is 34.4 Å². The lowest BCUT2D eigenvalue weighted by molar-refractivity contribution is 0.111. The van der Waals surface area contributed by atoms with Gasteiger partial charge in [-0.25, -0.2) is 4.98 Å². The molecule has 3 nitrogen and oxygen atoms in total. The molecule has 2 aromatic heterocycles. The van der Waals surface area contributed by atoms with Gasteiger partial charge in [-0.2, -0.15) is 0 Å². The molecule has 19 heavy (non-hydrogen) atoms. The third-order valence-electron chi connectivity index (χ3n) is 3.44. The molecule has 4 aromatic rings. The lowest BCUT2D eigenvalue weighted by Gasteiger charge is -2.04. The minimum atomic E-state index is 0.627. The Morgan fingerprint density at radius 1 is 1.00 bits per heavy atom. The number of fused-ring (bicyclic) bond motifs is 5. The maximum Gasteiger partial charge on any atom is 0.166 e. The molecule has 90 valence electrons. The fraction of sp³-hybridized carbons (Fsp3) is 0. The number of hydrogen-bond acceptors (Lipinski definition) is 2. The van der Waals surface area contributed by atoms with Crippen LogP contribution in [0.25, 0.3) is 27.5 Å². The SMILES string of the molecule is O=Cc1cc2ccccc2c2nc3ccccc3n12. The van der Waals surface area contributed by atoms with Gasteiger partial charge in [0, 0.05) is 5.39 Å². The summed E-state index contributed by atoms with van der Waals surface area (Å²) in [5.74, 6) is 0. The number of rotatable bonds is 1. The third-order valence-corrected chi connectivity index (χ3v) is 3.44. The molecule has 0 radical (unpaired) electrons. The first kappa shape index (κ1) is 10.3. The molecule has 0 saturated heterocycles. The van der Waals surface area contributed by atoms with Crippen molar-refractivity contribution in [3.8, 4) is 0 Å². The van der Waals surface area contributed by atoms with Crippen LogP contribution in [0.2, 0.25) is 0 Å². The van der Waals surface area contributed by atoms with Gasteiger partial charge in [-0.15, -0.1) is 0 Å². The van der Waals surface area contributed by atoms with E-state index in [-0.39, 0.29) is 0 Å². The monoisotopic (exact) mass is 246 g/mol. The van der Waals surface area contributed by atoms with E-state index >= 15 is 0 Å². The molecule has 2 heterocycles. The highest BCUT2D eigenvalue weighted by molar-refractivity contribution is 6.01. The molecule has 0 unspecified atom stereocenters. The maximum atomic E-state index is 11.4. The molecule has 2 aromatic carbocycles. The van der Waals surface area contributed by atoms with Crippen molar-refractivity contribution in [2.75, 3.05) is 0 Å². The van der Waals surface area contributed by atoms with Gasteiger partial charge in [-0.1, -0.05) is 36.4 Å². The zero-order chi connectivity index (χ0) is 12.8. The molecule has 0 N–H and O–H groups in total. The van der Waals surface area contributed by atoms with Crippen molar-refractivity contribution < 1.29 is 4.79 Å². The van der Waals surface area contributed by atoms with Crippen LogP contribution >= 0.6 is 0 Å². The van der Waals surface area contributed by atoms with Crippen molar-refractivity contribution in [2.45, 2.75) is 0 Å². The Morgan fingerprint density at radius 3 is 2.68 bits per heavy atom. The van der Waals surface area contributed by atoms with Gasteiger partial charge in [0.15, 0.2) is 6.29 Å². The fourth-order valence-corrected chi connectivity index (χ4v) is 2.61. The van der Waals surface area contributed by atoms with Gasteiger partial charge in [-0.3, -0.25) is 9.20 Å². The van der Waals surface area contributed by atoms with Crippen LogP contribution in [0.15, 0.2) is 54.6 Å². The van der Waals surface area contributed by atoms with Crippen LogP contribution in [0.4, 0.5) is 0 Å². The molecule has 0 saturated carbocycles. The average Bonchev–Trinajstić information content (AvgIpc) is 2.86. The zero-order valence-electron chi connectivity index (χ0n) is 10.1. The lowest BCUT2D eigenvalue weighted by Crippen LogP contribution is -1.95. The Balaban J connectivity index is 2.38. The molecule has 0 amide bonds. The van der Waals surface area contributed by atoms with Crippen molar-refractivity contribution in [2.24, 2.45) is 0 Å².